The highest BCUT2D eigenvalue weighted by Gasteiger charge is 2.18. The SMILES string of the molecule is C/C=C(\C)c1[nH]nc2ncc(-c3ccc(C(=O)N4CCCCC4)cc3)cc12.C/C=C/OC. The minimum atomic E-state index is 0.135. The van der Waals surface area contributed by atoms with Gasteiger partial charge in [0.1, 0.15) is 0 Å². The van der Waals surface area contributed by atoms with Gasteiger partial charge in [-0.3, -0.25) is 9.89 Å². The van der Waals surface area contributed by atoms with E-state index in [1.54, 1.807) is 13.4 Å². The summed E-state index contributed by atoms with van der Waals surface area (Å²) >= 11 is 0. The standard InChI is InChI=1S/C22H24N4O.C4H8O/c1-3-15(2)20-19-13-18(14-23-21(19)25-24-20)16-7-9-17(10-8-16)22(27)26-11-5-4-6-12-26;1-3-4-5-2/h3,7-10,13-14H,4-6,11-12H2,1-2H3,(H,23,24,25);3-4H,1-2H3/b15-3+;4-3+. The van der Waals surface area contributed by atoms with Crippen LogP contribution in [0.3, 0.4) is 0 Å². The van der Waals surface area contributed by atoms with Crippen LogP contribution in [0.1, 0.15) is 56.1 Å². The molecule has 2 aromatic heterocycles. The van der Waals surface area contributed by atoms with Gasteiger partial charge in [-0.25, -0.2) is 4.98 Å². The number of benzene rings is 1. The lowest BCUT2D eigenvalue weighted by molar-refractivity contribution is 0.0724. The molecule has 32 heavy (non-hydrogen) atoms. The summed E-state index contributed by atoms with van der Waals surface area (Å²) in [5, 5.41) is 8.37. The van der Waals surface area contributed by atoms with E-state index in [9.17, 15) is 4.79 Å². The number of aromatic nitrogens is 3. The van der Waals surface area contributed by atoms with Crippen molar-refractivity contribution >= 4 is 22.5 Å². The normalized spacial score (nSPS) is 14.4. The number of likely N-dealkylation sites (tertiary alicyclic amines) is 1. The fraction of sp³-hybridized carbons (Fsp3) is 0.346. The van der Waals surface area contributed by atoms with Crippen molar-refractivity contribution in [1.29, 1.82) is 0 Å². The van der Waals surface area contributed by atoms with E-state index < -0.39 is 0 Å². The topological polar surface area (TPSA) is 71.1 Å². The number of methoxy groups -OCH3 is 1. The predicted molar refractivity (Wildman–Crippen MR) is 130 cm³/mol. The van der Waals surface area contributed by atoms with E-state index in [1.807, 2.05) is 55.3 Å². The molecule has 168 valence electrons. The Labute approximate surface area is 190 Å². The zero-order valence-electron chi connectivity index (χ0n) is 19.4. The number of ether oxygens (including phenoxy) is 1. The van der Waals surface area contributed by atoms with Gasteiger partial charge in [0, 0.05) is 35.8 Å². The third kappa shape index (κ3) is 5.44. The fourth-order valence-electron chi connectivity index (χ4n) is 3.72. The minimum absolute atomic E-state index is 0.135. The maximum Gasteiger partial charge on any atom is 0.253 e. The van der Waals surface area contributed by atoms with Crippen molar-refractivity contribution in [2.24, 2.45) is 0 Å². The smallest absolute Gasteiger partial charge is 0.253 e. The number of H-pyrrole nitrogens is 1. The molecule has 1 aliphatic heterocycles. The number of amides is 1. The number of fused-ring (bicyclic) bond motifs is 1. The molecule has 3 heterocycles. The average molecular weight is 433 g/mol. The van der Waals surface area contributed by atoms with Crippen LogP contribution in [0.2, 0.25) is 0 Å². The molecule has 0 saturated carbocycles. The molecule has 1 fully saturated rings. The first-order chi connectivity index (χ1) is 15.6. The second-order valence-electron chi connectivity index (χ2n) is 7.80. The number of hydrogen-bond donors (Lipinski definition) is 1. The van der Waals surface area contributed by atoms with Crippen LogP contribution in [0.4, 0.5) is 0 Å². The molecule has 6 heteroatoms. The van der Waals surface area contributed by atoms with Crippen molar-refractivity contribution in [3.63, 3.8) is 0 Å². The molecule has 0 aliphatic carbocycles. The van der Waals surface area contributed by atoms with Gasteiger partial charge >= 0.3 is 0 Å². The molecule has 1 N–H and O–H groups in total. The summed E-state index contributed by atoms with van der Waals surface area (Å²) in [7, 11) is 1.62. The van der Waals surface area contributed by atoms with Crippen LogP contribution < -0.4 is 0 Å². The Morgan fingerprint density at radius 3 is 2.41 bits per heavy atom. The Bertz CT molecular complexity index is 1090. The molecule has 3 aromatic rings. The molecule has 0 spiro atoms. The fourth-order valence-corrected chi connectivity index (χ4v) is 3.72. The van der Waals surface area contributed by atoms with Crippen LogP contribution in [0.5, 0.6) is 0 Å². The van der Waals surface area contributed by atoms with Crippen molar-refractivity contribution < 1.29 is 9.53 Å². The van der Waals surface area contributed by atoms with Gasteiger partial charge in [0.25, 0.3) is 5.91 Å². The molecule has 1 aromatic carbocycles. The molecular weight excluding hydrogens is 400 g/mol. The number of nitrogens with one attached hydrogen (secondary N) is 1. The Balaban J connectivity index is 0.000000523. The largest absolute Gasteiger partial charge is 0.505 e. The van der Waals surface area contributed by atoms with Crippen molar-refractivity contribution in [3.05, 3.63) is 66.2 Å². The summed E-state index contributed by atoms with van der Waals surface area (Å²) in [6.07, 6.45) is 10.8. The summed E-state index contributed by atoms with van der Waals surface area (Å²) in [5.74, 6) is 0.135. The predicted octanol–water partition coefficient (Wildman–Crippen LogP) is 5.84. The number of hydrogen-bond acceptors (Lipinski definition) is 4. The number of carbonyl (C=O) groups is 1. The van der Waals surface area contributed by atoms with Gasteiger partial charge in [-0.05, 0) is 69.4 Å². The molecular formula is C26H32N4O2. The second kappa shape index (κ2) is 11.3. The highest BCUT2D eigenvalue weighted by Crippen LogP contribution is 2.27. The Morgan fingerprint density at radius 1 is 1.09 bits per heavy atom. The van der Waals surface area contributed by atoms with Gasteiger partial charge in [-0.15, -0.1) is 0 Å². The summed E-state index contributed by atoms with van der Waals surface area (Å²) in [6.45, 7) is 7.71. The molecule has 0 bridgehead atoms. The highest BCUT2D eigenvalue weighted by atomic mass is 16.5. The molecule has 1 saturated heterocycles. The van der Waals surface area contributed by atoms with E-state index in [2.05, 4.69) is 39.0 Å². The number of rotatable bonds is 4. The highest BCUT2D eigenvalue weighted by molar-refractivity contribution is 5.95. The van der Waals surface area contributed by atoms with Crippen molar-refractivity contribution in [2.45, 2.75) is 40.0 Å². The Kier molecular flexibility index (Phi) is 8.20. The number of pyridine rings is 1. The summed E-state index contributed by atoms with van der Waals surface area (Å²) in [6, 6.07) is 9.95. The van der Waals surface area contributed by atoms with Crippen LogP contribution >= 0.6 is 0 Å². The Morgan fingerprint density at radius 2 is 1.81 bits per heavy atom. The van der Waals surface area contributed by atoms with Crippen molar-refractivity contribution in [2.75, 3.05) is 20.2 Å². The first-order valence-corrected chi connectivity index (χ1v) is 11.1. The number of aromatic amines is 1. The van der Waals surface area contributed by atoms with Gasteiger partial charge in [0.15, 0.2) is 5.65 Å². The zero-order valence-corrected chi connectivity index (χ0v) is 19.4. The summed E-state index contributed by atoms with van der Waals surface area (Å²) in [4.78, 5) is 19.1. The first-order valence-electron chi connectivity index (χ1n) is 11.1. The van der Waals surface area contributed by atoms with Gasteiger partial charge in [-0.2, -0.15) is 5.10 Å². The molecule has 6 nitrogen and oxygen atoms in total. The number of allylic oxidation sites excluding steroid dienone is 3. The third-order valence-corrected chi connectivity index (χ3v) is 5.62. The molecule has 4 rings (SSSR count). The van der Waals surface area contributed by atoms with E-state index in [0.29, 0.717) is 5.65 Å². The zero-order chi connectivity index (χ0) is 22.9. The molecule has 1 aliphatic rings. The van der Waals surface area contributed by atoms with Gasteiger partial charge in [0.2, 0.25) is 0 Å². The lowest BCUT2D eigenvalue weighted by atomic mass is 10.0. The quantitative estimate of drug-likeness (QED) is 0.526. The second-order valence-corrected chi connectivity index (χ2v) is 7.80. The van der Waals surface area contributed by atoms with Crippen LogP contribution in [-0.2, 0) is 4.74 Å². The third-order valence-electron chi connectivity index (χ3n) is 5.62. The molecule has 0 unspecified atom stereocenters. The lowest BCUT2D eigenvalue weighted by Gasteiger charge is -2.26. The average Bonchev–Trinajstić information content (AvgIpc) is 3.28. The monoisotopic (exact) mass is 432 g/mol. The van der Waals surface area contributed by atoms with E-state index >= 15 is 0 Å². The van der Waals surface area contributed by atoms with E-state index in [-0.39, 0.29) is 5.91 Å². The maximum atomic E-state index is 12.6. The lowest BCUT2D eigenvalue weighted by Crippen LogP contribution is -2.35. The van der Waals surface area contributed by atoms with Crippen molar-refractivity contribution in [3.8, 4) is 11.1 Å². The van der Waals surface area contributed by atoms with Crippen LogP contribution in [0.25, 0.3) is 27.7 Å². The Hall–Kier alpha value is -3.41. The minimum Gasteiger partial charge on any atom is -0.505 e. The van der Waals surface area contributed by atoms with Crippen LogP contribution in [0, 0.1) is 0 Å². The van der Waals surface area contributed by atoms with Gasteiger partial charge in [-0.1, -0.05) is 24.3 Å². The molecule has 0 atom stereocenters. The van der Waals surface area contributed by atoms with Crippen LogP contribution in [0.15, 0.2) is 54.9 Å². The van der Waals surface area contributed by atoms with Gasteiger partial charge in [0.05, 0.1) is 19.1 Å². The van der Waals surface area contributed by atoms with Crippen LogP contribution in [-0.4, -0.2) is 46.2 Å². The van der Waals surface area contributed by atoms with E-state index in [0.717, 1.165) is 59.3 Å². The number of piperidine rings is 1. The van der Waals surface area contributed by atoms with Crippen molar-refractivity contribution in [1.82, 2.24) is 20.1 Å². The summed E-state index contributed by atoms with van der Waals surface area (Å²) in [5.41, 5.74) is 5.67. The number of nitrogens with zero attached hydrogens (tertiary/aromatic N) is 3. The maximum absolute atomic E-state index is 12.6. The summed E-state index contributed by atoms with van der Waals surface area (Å²) < 4.78 is 4.51. The molecule has 1 amide bonds. The molecule has 0 radical (unpaired) electrons. The van der Waals surface area contributed by atoms with Gasteiger partial charge < -0.3 is 9.64 Å². The first kappa shape index (κ1) is 23.3. The number of carbonyl (C=O) groups excluding carboxylic acids is 1. The van der Waals surface area contributed by atoms with E-state index in [1.165, 1.54) is 6.42 Å². The van der Waals surface area contributed by atoms with E-state index in [4.69, 9.17) is 0 Å².